The molecule has 0 amide bonds. The van der Waals surface area contributed by atoms with Crippen LogP contribution in [-0.4, -0.2) is 19.9 Å². The second-order valence-corrected chi connectivity index (χ2v) is 8.99. The number of sulfone groups is 1. The van der Waals surface area contributed by atoms with Crippen molar-refractivity contribution in [3.63, 3.8) is 0 Å². The summed E-state index contributed by atoms with van der Waals surface area (Å²) < 4.78 is 26.0. The number of nitrogen functional groups attached to an aromatic ring is 1. The van der Waals surface area contributed by atoms with E-state index in [1.807, 2.05) is 24.3 Å². The summed E-state index contributed by atoms with van der Waals surface area (Å²) in [6.45, 7) is 0. The van der Waals surface area contributed by atoms with Gasteiger partial charge in [-0.3, -0.25) is 0 Å². The highest BCUT2D eigenvalue weighted by molar-refractivity contribution is 9.10. The number of anilines is 1. The maximum Gasteiger partial charge on any atom is 0.181 e. The fraction of sp³-hybridized carbons (Fsp3) is 0.200. The Kier molecular flexibility index (Phi) is 4.03. The van der Waals surface area contributed by atoms with Crippen LogP contribution in [0.2, 0.25) is 0 Å². The van der Waals surface area contributed by atoms with Gasteiger partial charge in [-0.15, -0.1) is 11.8 Å². The van der Waals surface area contributed by atoms with Crippen LogP contribution in [0.5, 0.6) is 0 Å². The number of fused-ring (bicyclic) bond motifs is 1. The second-order valence-electron chi connectivity index (χ2n) is 5.01. The van der Waals surface area contributed by atoms with Crippen molar-refractivity contribution >= 4 is 43.2 Å². The zero-order valence-corrected chi connectivity index (χ0v) is 14.3. The molecule has 0 aliphatic carbocycles. The largest absolute Gasteiger partial charge is 0.398 e. The molecule has 2 aromatic rings. The van der Waals surface area contributed by atoms with Gasteiger partial charge in [0.2, 0.25) is 0 Å². The summed E-state index contributed by atoms with van der Waals surface area (Å²) in [6.07, 6.45) is 0. The quantitative estimate of drug-likeness (QED) is 0.820. The van der Waals surface area contributed by atoms with Crippen LogP contribution in [0.3, 0.4) is 0 Å². The van der Waals surface area contributed by atoms with Crippen molar-refractivity contribution in [1.82, 2.24) is 0 Å². The molecule has 21 heavy (non-hydrogen) atoms. The van der Waals surface area contributed by atoms with Gasteiger partial charge in [-0.2, -0.15) is 0 Å². The van der Waals surface area contributed by atoms with E-state index in [9.17, 15) is 8.42 Å². The van der Waals surface area contributed by atoms with E-state index in [1.165, 1.54) is 4.90 Å². The van der Waals surface area contributed by atoms with E-state index in [0.717, 1.165) is 15.8 Å². The van der Waals surface area contributed by atoms with Gasteiger partial charge in [0.15, 0.2) is 9.84 Å². The van der Waals surface area contributed by atoms with Crippen molar-refractivity contribution in [2.24, 2.45) is 0 Å². The topological polar surface area (TPSA) is 60.2 Å². The first-order chi connectivity index (χ1) is 9.97. The van der Waals surface area contributed by atoms with Crippen LogP contribution in [0.25, 0.3) is 0 Å². The summed E-state index contributed by atoms with van der Waals surface area (Å²) in [5.74, 6) is 0.928. The maximum absolute atomic E-state index is 12.6. The van der Waals surface area contributed by atoms with E-state index >= 15 is 0 Å². The van der Waals surface area contributed by atoms with E-state index in [4.69, 9.17) is 5.73 Å². The predicted molar refractivity (Wildman–Crippen MR) is 90.5 cm³/mol. The Balaban J connectivity index is 1.91. The van der Waals surface area contributed by atoms with Gasteiger partial charge in [0.1, 0.15) is 0 Å². The molecule has 1 aliphatic rings. The first-order valence-corrected chi connectivity index (χ1v) is 9.90. The lowest BCUT2D eigenvalue weighted by Gasteiger charge is -2.13. The Labute approximate surface area is 137 Å². The molecule has 0 aromatic heterocycles. The van der Waals surface area contributed by atoms with Crippen LogP contribution in [0.4, 0.5) is 5.69 Å². The molecule has 0 spiro atoms. The average Bonchev–Trinajstić information content (AvgIpc) is 2.81. The van der Waals surface area contributed by atoms with Gasteiger partial charge >= 0.3 is 0 Å². The molecule has 6 heteroatoms. The van der Waals surface area contributed by atoms with Gasteiger partial charge in [0.25, 0.3) is 0 Å². The van der Waals surface area contributed by atoms with Crippen molar-refractivity contribution in [3.05, 3.63) is 52.5 Å². The highest BCUT2D eigenvalue weighted by Crippen LogP contribution is 2.41. The van der Waals surface area contributed by atoms with Crippen LogP contribution < -0.4 is 5.73 Å². The zero-order chi connectivity index (χ0) is 15.0. The van der Waals surface area contributed by atoms with Crippen LogP contribution in [0.1, 0.15) is 11.5 Å². The number of hydrogen-bond donors (Lipinski definition) is 1. The third-order valence-corrected chi connectivity index (χ3v) is 7.15. The van der Waals surface area contributed by atoms with E-state index in [-0.39, 0.29) is 16.6 Å². The fourth-order valence-corrected chi connectivity index (χ4v) is 6.01. The molecule has 1 aliphatic heterocycles. The van der Waals surface area contributed by atoms with Gasteiger partial charge in [-0.1, -0.05) is 34.1 Å². The molecule has 0 saturated carbocycles. The highest BCUT2D eigenvalue weighted by atomic mass is 79.9. The first kappa shape index (κ1) is 14.9. The maximum atomic E-state index is 12.6. The molecule has 3 rings (SSSR count). The third-order valence-electron chi connectivity index (χ3n) is 3.53. The van der Waals surface area contributed by atoms with Crippen LogP contribution in [-0.2, 0) is 9.84 Å². The molecule has 0 radical (unpaired) electrons. The van der Waals surface area contributed by atoms with Gasteiger partial charge in [-0.25, -0.2) is 8.42 Å². The Morgan fingerprint density at radius 3 is 2.76 bits per heavy atom. The van der Waals surface area contributed by atoms with Gasteiger partial charge < -0.3 is 5.73 Å². The zero-order valence-electron chi connectivity index (χ0n) is 11.1. The summed E-state index contributed by atoms with van der Waals surface area (Å²) in [5.41, 5.74) is 7.28. The summed E-state index contributed by atoms with van der Waals surface area (Å²) in [4.78, 5) is 1.40. The molecule has 0 saturated heterocycles. The van der Waals surface area contributed by atoms with E-state index < -0.39 is 9.84 Å². The lowest BCUT2D eigenvalue weighted by Crippen LogP contribution is -2.16. The third kappa shape index (κ3) is 2.98. The van der Waals surface area contributed by atoms with Crippen LogP contribution in [0, 0.1) is 0 Å². The smallest absolute Gasteiger partial charge is 0.181 e. The Hall–Kier alpha value is -0.980. The average molecular weight is 384 g/mol. The number of benzene rings is 2. The number of hydrogen-bond acceptors (Lipinski definition) is 4. The molecule has 1 heterocycles. The molecule has 0 fully saturated rings. The predicted octanol–water partition coefficient (Wildman–Crippen LogP) is 3.69. The number of rotatable bonds is 3. The molecule has 110 valence electrons. The van der Waals surface area contributed by atoms with Crippen molar-refractivity contribution < 1.29 is 8.42 Å². The summed E-state index contributed by atoms with van der Waals surface area (Å²) >= 11 is 5.01. The minimum atomic E-state index is -3.39. The molecular formula is C15H14BrNO2S2. The second kappa shape index (κ2) is 5.66. The highest BCUT2D eigenvalue weighted by Gasteiger charge is 2.29. The summed E-state index contributed by atoms with van der Waals surface area (Å²) in [6, 6.07) is 12.9. The van der Waals surface area contributed by atoms with Gasteiger partial charge in [0.05, 0.1) is 16.3 Å². The molecule has 1 atom stereocenters. The minimum Gasteiger partial charge on any atom is -0.398 e. The van der Waals surface area contributed by atoms with Crippen molar-refractivity contribution in [2.45, 2.75) is 15.7 Å². The SMILES string of the molecule is Nc1cc(Br)ccc1S(=O)(=O)CC1CSc2ccccc21. The Morgan fingerprint density at radius 1 is 1.24 bits per heavy atom. The standard InChI is InChI=1S/C15H14BrNO2S2/c16-11-5-6-15(13(17)7-11)21(18,19)9-10-8-20-14-4-2-1-3-12(10)14/h1-7,10H,8-9,17H2. The fourth-order valence-electron chi connectivity index (χ4n) is 2.52. The summed E-state index contributed by atoms with van der Waals surface area (Å²) in [7, 11) is -3.39. The van der Waals surface area contributed by atoms with E-state index in [1.54, 1.807) is 30.0 Å². The Morgan fingerprint density at radius 2 is 2.00 bits per heavy atom. The van der Waals surface area contributed by atoms with Gasteiger partial charge in [-0.05, 0) is 29.8 Å². The molecule has 2 N–H and O–H groups in total. The van der Waals surface area contributed by atoms with Crippen molar-refractivity contribution in [2.75, 3.05) is 17.2 Å². The van der Waals surface area contributed by atoms with Crippen LogP contribution >= 0.6 is 27.7 Å². The number of thioether (sulfide) groups is 1. The molecule has 3 nitrogen and oxygen atoms in total. The van der Waals surface area contributed by atoms with Gasteiger partial charge in [0, 0.05) is 21.0 Å². The lowest BCUT2D eigenvalue weighted by atomic mass is 10.0. The molecule has 2 aromatic carbocycles. The summed E-state index contributed by atoms with van der Waals surface area (Å²) in [5, 5.41) is 0. The van der Waals surface area contributed by atoms with Crippen molar-refractivity contribution in [1.29, 1.82) is 0 Å². The van der Waals surface area contributed by atoms with E-state index in [2.05, 4.69) is 15.9 Å². The number of nitrogens with two attached hydrogens (primary N) is 1. The molecular weight excluding hydrogens is 370 g/mol. The monoisotopic (exact) mass is 383 g/mol. The lowest BCUT2D eigenvalue weighted by molar-refractivity contribution is 0.591. The minimum absolute atomic E-state index is 0.0271. The molecule has 1 unspecified atom stereocenters. The van der Waals surface area contributed by atoms with E-state index in [0.29, 0.717) is 5.69 Å². The Bertz CT molecular complexity index is 790. The van der Waals surface area contributed by atoms with Crippen molar-refractivity contribution in [3.8, 4) is 0 Å². The molecule has 0 bridgehead atoms. The first-order valence-electron chi connectivity index (χ1n) is 6.47. The van der Waals surface area contributed by atoms with Crippen LogP contribution in [0.15, 0.2) is 56.7 Å². The number of halogens is 1. The normalized spacial score (nSPS) is 17.7.